The van der Waals surface area contributed by atoms with Gasteiger partial charge in [-0.3, -0.25) is 4.79 Å². The Morgan fingerprint density at radius 2 is 1.69 bits per heavy atom. The van der Waals surface area contributed by atoms with Crippen molar-refractivity contribution in [2.75, 3.05) is 13.1 Å². The van der Waals surface area contributed by atoms with Gasteiger partial charge < -0.3 is 9.15 Å². The summed E-state index contributed by atoms with van der Waals surface area (Å²) in [5.74, 6) is -0.178. The molecule has 0 bridgehead atoms. The van der Waals surface area contributed by atoms with Crippen LogP contribution in [0.15, 0.2) is 45.7 Å². The fourth-order valence-electron chi connectivity index (χ4n) is 4.65. The van der Waals surface area contributed by atoms with Crippen molar-refractivity contribution in [2.24, 2.45) is 5.92 Å². The van der Waals surface area contributed by atoms with Crippen LogP contribution in [0.5, 0.6) is 0 Å². The number of rotatable bonds is 6. The van der Waals surface area contributed by atoms with E-state index >= 15 is 0 Å². The van der Waals surface area contributed by atoms with Gasteiger partial charge in [-0.15, -0.1) is 10.2 Å². The average molecular weight is 498 g/mol. The number of piperidine rings is 1. The summed E-state index contributed by atoms with van der Waals surface area (Å²) in [7, 11) is -3.63. The first-order valence-corrected chi connectivity index (χ1v) is 13.2. The first kappa shape index (κ1) is 25.1. The number of hydrogen-bond acceptors (Lipinski definition) is 7. The molecule has 186 valence electrons. The van der Waals surface area contributed by atoms with E-state index in [0.29, 0.717) is 23.6 Å². The maximum absolute atomic E-state index is 13.3. The van der Waals surface area contributed by atoms with Gasteiger partial charge in [0.05, 0.1) is 10.8 Å². The predicted molar refractivity (Wildman–Crippen MR) is 131 cm³/mol. The SMILES string of the molecule is Cc1cccc(-c2nnc(C(C)OC(=O)C3CCN(S(=O)(=O)c4c(C)cc(C)cc4C)CC3)o2)c1. The average Bonchev–Trinajstić information content (AvgIpc) is 3.29. The van der Waals surface area contributed by atoms with E-state index in [4.69, 9.17) is 9.15 Å². The Morgan fingerprint density at radius 1 is 1.03 bits per heavy atom. The van der Waals surface area contributed by atoms with Crippen LogP contribution in [0.2, 0.25) is 0 Å². The van der Waals surface area contributed by atoms with Gasteiger partial charge in [0.25, 0.3) is 5.89 Å². The van der Waals surface area contributed by atoms with Crippen LogP contribution >= 0.6 is 0 Å². The number of carbonyl (C=O) groups is 1. The van der Waals surface area contributed by atoms with Gasteiger partial charge in [0.2, 0.25) is 15.9 Å². The molecule has 2 heterocycles. The number of esters is 1. The Labute approximate surface area is 206 Å². The normalized spacial score (nSPS) is 16.3. The van der Waals surface area contributed by atoms with E-state index in [1.807, 2.05) is 64.1 Å². The Kier molecular flexibility index (Phi) is 7.10. The third kappa shape index (κ3) is 5.31. The molecule has 1 aliphatic heterocycles. The number of aromatic nitrogens is 2. The summed E-state index contributed by atoms with van der Waals surface area (Å²) in [5.41, 5.74) is 4.38. The molecular weight excluding hydrogens is 466 g/mol. The molecule has 2 aromatic carbocycles. The van der Waals surface area contributed by atoms with Gasteiger partial charge in [-0.25, -0.2) is 8.42 Å². The third-order valence-electron chi connectivity index (χ3n) is 6.34. The molecule has 0 radical (unpaired) electrons. The number of carbonyl (C=O) groups excluding carboxylic acids is 1. The summed E-state index contributed by atoms with van der Waals surface area (Å²) in [6.07, 6.45) is 0.0911. The molecule has 1 saturated heterocycles. The highest BCUT2D eigenvalue weighted by atomic mass is 32.2. The number of benzene rings is 2. The molecular formula is C26H31N3O5S. The van der Waals surface area contributed by atoms with Gasteiger partial charge in [0.15, 0.2) is 6.10 Å². The zero-order valence-corrected chi connectivity index (χ0v) is 21.6. The van der Waals surface area contributed by atoms with Crippen molar-refractivity contribution in [3.63, 3.8) is 0 Å². The Bertz CT molecular complexity index is 1320. The van der Waals surface area contributed by atoms with Crippen LogP contribution in [0.4, 0.5) is 0 Å². The first-order valence-electron chi connectivity index (χ1n) is 11.7. The summed E-state index contributed by atoms with van der Waals surface area (Å²) in [6, 6.07) is 11.5. The summed E-state index contributed by atoms with van der Waals surface area (Å²) >= 11 is 0. The maximum atomic E-state index is 13.3. The van der Waals surface area contributed by atoms with Gasteiger partial charge in [0.1, 0.15) is 0 Å². The Balaban J connectivity index is 1.37. The predicted octanol–water partition coefficient (Wildman–Crippen LogP) is 4.68. The highest BCUT2D eigenvalue weighted by Crippen LogP contribution is 2.30. The summed E-state index contributed by atoms with van der Waals surface area (Å²) < 4.78 is 39.4. The van der Waals surface area contributed by atoms with Crippen molar-refractivity contribution in [2.45, 2.75) is 58.5 Å². The molecule has 1 aromatic heterocycles. The van der Waals surface area contributed by atoms with E-state index in [-0.39, 0.29) is 30.9 Å². The molecule has 0 N–H and O–H groups in total. The molecule has 1 aliphatic rings. The Hall–Kier alpha value is -3.04. The number of sulfonamides is 1. The lowest BCUT2D eigenvalue weighted by molar-refractivity contribution is -0.156. The minimum Gasteiger partial charge on any atom is -0.452 e. The second kappa shape index (κ2) is 9.91. The molecule has 35 heavy (non-hydrogen) atoms. The highest BCUT2D eigenvalue weighted by Gasteiger charge is 2.35. The zero-order valence-electron chi connectivity index (χ0n) is 20.7. The topological polar surface area (TPSA) is 103 Å². The van der Waals surface area contributed by atoms with E-state index in [1.54, 1.807) is 6.92 Å². The van der Waals surface area contributed by atoms with E-state index in [9.17, 15) is 13.2 Å². The fourth-order valence-corrected chi connectivity index (χ4v) is 6.53. The number of nitrogens with zero attached hydrogens (tertiary/aromatic N) is 3. The third-order valence-corrected chi connectivity index (χ3v) is 8.54. The van der Waals surface area contributed by atoms with Crippen LogP contribution in [-0.2, 0) is 19.6 Å². The monoisotopic (exact) mass is 497 g/mol. The van der Waals surface area contributed by atoms with E-state index in [0.717, 1.165) is 27.8 Å². The molecule has 1 atom stereocenters. The highest BCUT2D eigenvalue weighted by molar-refractivity contribution is 7.89. The molecule has 0 saturated carbocycles. The van der Waals surface area contributed by atoms with Gasteiger partial charge in [-0.05, 0) is 70.7 Å². The van der Waals surface area contributed by atoms with Crippen LogP contribution in [0.1, 0.15) is 54.0 Å². The molecule has 4 rings (SSSR count). The van der Waals surface area contributed by atoms with E-state index < -0.39 is 16.1 Å². The minimum absolute atomic E-state index is 0.222. The molecule has 8 nitrogen and oxygen atoms in total. The quantitative estimate of drug-likeness (QED) is 0.456. The molecule has 1 unspecified atom stereocenters. The van der Waals surface area contributed by atoms with Gasteiger partial charge >= 0.3 is 5.97 Å². The van der Waals surface area contributed by atoms with Crippen LogP contribution in [0.3, 0.4) is 0 Å². The van der Waals surface area contributed by atoms with E-state index in [2.05, 4.69) is 10.2 Å². The largest absolute Gasteiger partial charge is 0.452 e. The summed E-state index contributed by atoms with van der Waals surface area (Å²) in [5, 5.41) is 8.11. The van der Waals surface area contributed by atoms with Crippen LogP contribution in [-0.4, -0.2) is 42.0 Å². The maximum Gasteiger partial charge on any atom is 0.309 e. The lowest BCUT2D eigenvalue weighted by Gasteiger charge is -2.31. The lowest BCUT2D eigenvalue weighted by atomic mass is 9.98. The smallest absolute Gasteiger partial charge is 0.309 e. The second-order valence-electron chi connectivity index (χ2n) is 9.30. The number of hydrogen-bond donors (Lipinski definition) is 0. The van der Waals surface area contributed by atoms with Gasteiger partial charge in [0, 0.05) is 18.7 Å². The van der Waals surface area contributed by atoms with Crippen molar-refractivity contribution in [1.82, 2.24) is 14.5 Å². The van der Waals surface area contributed by atoms with Crippen molar-refractivity contribution in [3.8, 4) is 11.5 Å². The lowest BCUT2D eigenvalue weighted by Crippen LogP contribution is -2.41. The zero-order chi connectivity index (χ0) is 25.3. The number of aryl methyl sites for hydroxylation is 4. The second-order valence-corrected chi connectivity index (χ2v) is 11.2. The minimum atomic E-state index is -3.63. The number of ether oxygens (including phenoxy) is 1. The first-order chi connectivity index (χ1) is 16.6. The van der Waals surface area contributed by atoms with Crippen molar-refractivity contribution in [3.05, 3.63) is 64.5 Å². The standard InChI is InChI=1S/C26H31N3O5S/c1-16-7-6-8-22(15-16)25-28-27-24(34-25)20(5)33-26(30)21-9-11-29(12-10-21)35(31,32)23-18(3)13-17(2)14-19(23)4/h6-8,13-15,20-21H,9-12H2,1-5H3. The molecule has 0 spiro atoms. The Morgan fingerprint density at radius 3 is 2.31 bits per heavy atom. The van der Waals surface area contributed by atoms with Crippen molar-refractivity contribution in [1.29, 1.82) is 0 Å². The van der Waals surface area contributed by atoms with Crippen LogP contribution in [0.25, 0.3) is 11.5 Å². The summed E-state index contributed by atoms with van der Waals surface area (Å²) in [6.45, 7) is 9.79. The van der Waals surface area contributed by atoms with Gasteiger partial charge in [-0.2, -0.15) is 4.31 Å². The summed E-state index contributed by atoms with van der Waals surface area (Å²) in [4.78, 5) is 13.2. The van der Waals surface area contributed by atoms with E-state index in [1.165, 1.54) is 4.31 Å². The molecule has 3 aromatic rings. The molecule has 9 heteroatoms. The molecule has 0 aliphatic carbocycles. The molecule has 1 fully saturated rings. The molecule has 0 amide bonds. The van der Waals surface area contributed by atoms with Crippen LogP contribution in [0, 0.1) is 33.6 Å². The van der Waals surface area contributed by atoms with Crippen molar-refractivity contribution < 1.29 is 22.4 Å². The fraction of sp³-hybridized carbons (Fsp3) is 0.423. The van der Waals surface area contributed by atoms with Gasteiger partial charge in [-0.1, -0.05) is 35.4 Å². The van der Waals surface area contributed by atoms with Crippen LogP contribution < -0.4 is 0 Å². The van der Waals surface area contributed by atoms with Crippen molar-refractivity contribution >= 4 is 16.0 Å².